The molecule has 1 aromatic heterocycles. The van der Waals surface area contributed by atoms with E-state index in [0.717, 1.165) is 83.9 Å². The Morgan fingerprint density at radius 1 is 0.873 bits per heavy atom. The maximum atomic E-state index is 11.8. The van der Waals surface area contributed by atoms with Crippen molar-refractivity contribution in [3.8, 4) is 5.75 Å². The van der Waals surface area contributed by atoms with E-state index in [9.17, 15) is 9.90 Å². The minimum atomic E-state index is -1.69. The molecule has 0 amide bonds. The summed E-state index contributed by atoms with van der Waals surface area (Å²) in [6, 6.07) is 3.95. The Bertz CT molecular complexity index is 1750. The van der Waals surface area contributed by atoms with Crippen LogP contribution in [0.5, 0.6) is 5.75 Å². The number of ether oxygens (including phenoxy) is 5. The number of ketones is 1. The lowest BCUT2D eigenvalue weighted by Crippen LogP contribution is -2.34. The first-order chi connectivity index (χ1) is 26.2. The van der Waals surface area contributed by atoms with Crippen molar-refractivity contribution in [1.29, 1.82) is 0 Å². The van der Waals surface area contributed by atoms with Gasteiger partial charge >= 0.3 is 0 Å². The van der Waals surface area contributed by atoms with Gasteiger partial charge in [0.2, 0.25) is 0 Å². The normalized spacial score (nSPS) is 22.9. The molecule has 0 aliphatic carbocycles. The summed E-state index contributed by atoms with van der Waals surface area (Å²) in [5.41, 5.74) is 5.81. The van der Waals surface area contributed by atoms with Crippen LogP contribution < -0.4 is 4.74 Å². The molecule has 2 aliphatic heterocycles. The predicted octanol–water partition coefficient (Wildman–Crippen LogP) is 11.1. The van der Waals surface area contributed by atoms with Crippen molar-refractivity contribution < 1.29 is 38.0 Å². The summed E-state index contributed by atoms with van der Waals surface area (Å²) in [7, 11) is 0. The first-order valence-corrected chi connectivity index (χ1v) is 20.2. The van der Waals surface area contributed by atoms with Crippen LogP contribution in [0.1, 0.15) is 125 Å². The van der Waals surface area contributed by atoms with Gasteiger partial charge in [-0.2, -0.15) is 0 Å². The fourth-order valence-electron chi connectivity index (χ4n) is 6.92. The lowest BCUT2D eigenvalue weighted by molar-refractivity contribution is -0.320. The average Bonchev–Trinajstić information content (AvgIpc) is 3.37. The highest BCUT2D eigenvalue weighted by molar-refractivity contribution is 5.95. The van der Waals surface area contributed by atoms with Crippen LogP contribution >= 0.6 is 0 Å². The van der Waals surface area contributed by atoms with E-state index in [4.69, 9.17) is 28.1 Å². The number of rotatable bonds is 23. The van der Waals surface area contributed by atoms with Crippen LogP contribution in [0.3, 0.4) is 0 Å². The second-order valence-electron chi connectivity index (χ2n) is 16.0. The van der Waals surface area contributed by atoms with Crippen LogP contribution in [0.4, 0.5) is 0 Å². The lowest BCUT2D eigenvalue weighted by atomic mass is 9.96. The molecule has 1 aromatic carbocycles. The third kappa shape index (κ3) is 13.9. The molecule has 3 unspecified atom stereocenters. The fraction of sp³-hybridized carbons (Fsp3) is 0.553. The highest BCUT2D eigenvalue weighted by Crippen LogP contribution is 2.41. The standard InChI is InChI=1S/C47H66O8/c1-10-15-37(17-12-13-29-50-30-25-34(3)19-23-42-45(6,7)53-42)18-14-28-47(49)54-43(46(8,9)55-47)24-20-35(4)26-31-52-44-39(22-21-36(5)48)38(16-11-2)33-41-40(44)27-32-51-41/h12-15,18,21-22,25-27,32-33,42-43,49H,10-11,16-17,19-20,23-24,28-31H2,1-9H3/b13-12-,18-14-,22-21-,34-25+,35-26+,37-15+. The molecule has 8 nitrogen and oxygen atoms in total. The van der Waals surface area contributed by atoms with Gasteiger partial charge in [-0.1, -0.05) is 67.9 Å². The zero-order valence-electron chi connectivity index (χ0n) is 34.9. The van der Waals surface area contributed by atoms with Crippen molar-refractivity contribution in [2.75, 3.05) is 19.8 Å². The van der Waals surface area contributed by atoms with Gasteiger partial charge in [-0.25, -0.2) is 0 Å². The number of aliphatic hydroxyl groups is 1. The largest absolute Gasteiger partial charge is 0.488 e. The molecule has 2 aromatic rings. The van der Waals surface area contributed by atoms with Gasteiger partial charge in [0, 0.05) is 12.0 Å². The zero-order valence-corrected chi connectivity index (χ0v) is 34.9. The molecule has 0 saturated carbocycles. The molecule has 2 aliphatic rings. The van der Waals surface area contributed by atoms with Crippen molar-refractivity contribution in [3.05, 3.63) is 94.9 Å². The molecule has 0 radical (unpaired) electrons. The molecule has 8 heteroatoms. The molecule has 55 heavy (non-hydrogen) atoms. The lowest BCUT2D eigenvalue weighted by Gasteiger charge is -2.23. The first-order valence-electron chi connectivity index (χ1n) is 20.2. The van der Waals surface area contributed by atoms with Crippen LogP contribution in [0.15, 0.2) is 88.1 Å². The smallest absolute Gasteiger partial charge is 0.284 e. The second-order valence-corrected chi connectivity index (χ2v) is 16.0. The summed E-state index contributed by atoms with van der Waals surface area (Å²) >= 11 is 0. The summed E-state index contributed by atoms with van der Waals surface area (Å²) < 4.78 is 35.9. The number of benzene rings is 1. The Morgan fingerprint density at radius 3 is 2.22 bits per heavy atom. The summed E-state index contributed by atoms with van der Waals surface area (Å²) in [4.78, 5) is 11.8. The highest BCUT2D eigenvalue weighted by atomic mass is 16.9. The van der Waals surface area contributed by atoms with E-state index in [0.29, 0.717) is 32.3 Å². The minimum Gasteiger partial charge on any atom is -0.488 e. The Balaban J connectivity index is 1.23. The Hall–Kier alpha value is -3.53. The van der Waals surface area contributed by atoms with E-state index >= 15 is 0 Å². The third-order valence-corrected chi connectivity index (χ3v) is 10.2. The maximum Gasteiger partial charge on any atom is 0.284 e. The molecule has 1 N–H and O–H groups in total. The Labute approximate surface area is 330 Å². The van der Waals surface area contributed by atoms with E-state index < -0.39 is 11.6 Å². The Morgan fingerprint density at radius 2 is 1.56 bits per heavy atom. The average molecular weight is 759 g/mol. The van der Waals surface area contributed by atoms with E-state index in [1.807, 2.05) is 44.2 Å². The number of fused-ring (bicyclic) bond motifs is 1. The molecule has 302 valence electrons. The summed E-state index contributed by atoms with van der Waals surface area (Å²) in [6.07, 6.45) is 27.0. The van der Waals surface area contributed by atoms with Gasteiger partial charge in [-0.3, -0.25) is 4.79 Å². The number of hydrogen-bond donors (Lipinski definition) is 1. The molecule has 2 saturated heterocycles. The van der Waals surface area contributed by atoms with Gasteiger partial charge in [0.05, 0.1) is 48.3 Å². The number of aryl methyl sites for hydroxylation is 1. The molecular weight excluding hydrogens is 693 g/mol. The summed E-state index contributed by atoms with van der Waals surface area (Å²) in [6.45, 7) is 19.8. The van der Waals surface area contributed by atoms with Gasteiger partial charge in [0.25, 0.3) is 5.97 Å². The minimum absolute atomic E-state index is 0.0158. The van der Waals surface area contributed by atoms with Crippen molar-refractivity contribution in [2.45, 2.75) is 149 Å². The van der Waals surface area contributed by atoms with Crippen LogP contribution in [-0.2, 0) is 30.2 Å². The second kappa shape index (κ2) is 20.6. The molecule has 0 spiro atoms. The zero-order chi connectivity index (χ0) is 40.1. The number of carbonyl (C=O) groups is 1. The number of furan rings is 1. The van der Waals surface area contributed by atoms with Gasteiger partial charge < -0.3 is 33.2 Å². The fourth-order valence-corrected chi connectivity index (χ4v) is 6.92. The molecule has 2 fully saturated rings. The molecule has 3 atom stereocenters. The number of allylic oxidation sites excluding steroid dienone is 7. The Kier molecular flexibility index (Phi) is 16.5. The third-order valence-electron chi connectivity index (χ3n) is 10.2. The molecule has 4 rings (SSSR count). The van der Waals surface area contributed by atoms with Crippen molar-refractivity contribution in [2.24, 2.45) is 0 Å². The van der Waals surface area contributed by atoms with Crippen LogP contribution in [-0.4, -0.2) is 60.1 Å². The van der Waals surface area contributed by atoms with Crippen molar-refractivity contribution in [3.63, 3.8) is 0 Å². The molecule has 3 heterocycles. The van der Waals surface area contributed by atoms with Gasteiger partial charge in [-0.15, -0.1) is 0 Å². The van der Waals surface area contributed by atoms with Gasteiger partial charge in [0.15, 0.2) is 5.78 Å². The number of carbonyl (C=O) groups excluding carboxylic acids is 1. The molecular formula is C47H66O8. The molecule has 0 bridgehead atoms. The maximum absolute atomic E-state index is 11.8. The summed E-state index contributed by atoms with van der Waals surface area (Å²) in [5, 5.41) is 12.2. The SMILES string of the molecule is CC/C=C(/C=C\CC1(O)OC(CC/C(C)=C/COc2c(/C=C\C(C)=O)c(CCC)cc3occc23)C(C)(C)O1)C/C=C\COC/C=C(\C)CCC1OC1(C)C. The van der Waals surface area contributed by atoms with E-state index in [1.165, 1.54) is 5.57 Å². The van der Waals surface area contributed by atoms with Gasteiger partial charge in [0.1, 0.15) is 17.9 Å². The first kappa shape index (κ1) is 44.2. The van der Waals surface area contributed by atoms with Crippen LogP contribution in [0.25, 0.3) is 17.0 Å². The van der Waals surface area contributed by atoms with E-state index in [-0.39, 0.29) is 23.9 Å². The van der Waals surface area contributed by atoms with E-state index in [1.54, 1.807) is 19.3 Å². The summed E-state index contributed by atoms with van der Waals surface area (Å²) in [5.74, 6) is -0.986. The number of epoxide rings is 1. The van der Waals surface area contributed by atoms with E-state index in [2.05, 4.69) is 71.9 Å². The predicted molar refractivity (Wildman–Crippen MR) is 222 cm³/mol. The van der Waals surface area contributed by atoms with Crippen molar-refractivity contribution >= 4 is 22.8 Å². The van der Waals surface area contributed by atoms with Crippen LogP contribution in [0, 0.1) is 0 Å². The topological polar surface area (TPSA) is 99.9 Å². The monoisotopic (exact) mass is 758 g/mol. The highest BCUT2D eigenvalue weighted by Gasteiger charge is 2.50. The van der Waals surface area contributed by atoms with Crippen molar-refractivity contribution in [1.82, 2.24) is 0 Å². The quantitative estimate of drug-likeness (QED) is 0.0393. The van der Waals surface area contributed by atoms with Crippen LogP contribution in [0.2, 0.25) is 0 Å². The number of hydrogen-bond acceptors (Lipinski definition) is 8. The van der Waals surface area contributed by atoms with Gasteiger partial charge in [-0.05, 0) is 135 Å².